The molecule has 2 aliphatic carbocycles. The van der Waals surface area contributed by atoms with Gasteiger partial charge in [0, 0.05) is 25.4 Å². The number of nitrogens with zero attached hydrogens (tertiary/aromatic N) is 2. The molecule has 0 aromatic heterocycles. The van der Waals surface area contributed by atoms with E-state index in [1.165, 1.54) is 0 Å². The first kappa shape index (κ1) is 10.7. The molecule has 2 rings (SSSR count). The van der Waals surface area contributed by atoms with Crippen molar-refractivity contribution < 1.29 is 4.79 Å². The summed E-state index contributed by atoms with van der Waals surface area (Å²) < 4.78 is 0. The topological polar surface area (TPSA) is 32.7 Å². The molecule has 0 aromatic carbocycles. The van der Waals surface area contributed by atoms with Gasteiger partial charge in [0.25, 0.3) is 0 Å². The quantitative estimate of drug-likeness (QED) is 0.617. The minimum atomic E-state index is -0.174. The van der Waals surface area contributed by atoms with E-state index < -0.39 is 0 Å². The maximum atomic E-state index is 12.3. The Balaban J connectivity index is 2.47. The summed E-state index contributed by atoms with van der Waals surface area (Å²) in [6.45, 7) is 6.52. The Labute approximate surface area is 91.5 Å². The Morgan fingerprint density at radius 2 is 1.93 bits per heavy atom. The van der Waals surface area contributed by atoms with Crippen LogP contribution in [0.4, 0.5) is 0 Å². The van der Waals surface area contributed by atoms with E-state index in [2.05, 4.69) is 25.9 Å². The molecule has 0 N–H and O–H groups in total. The van der Waals surface area contributed by atoms with Crippen LogP contribution in [-0.4, -0.2) is 30.6 Å². The van der Waals surface area contributed by atoms with Crippen LogP contribution in [0, 0.1) is 16.7 Å². The average Bonchev–Trinajstić information content (AvgIpc) is 2.40. The van der Waals surface area contributed by atoms with Crippen LogP contribution < -0.4 is 0 Å². The highest BCUT2D eigenvalue weighted by Gasteiger charge is 2.65. The average molecular weight is 208 g/mol. The fourth-order valence-corrected chi connectivity index (χ4v) is 3.16. The van der Waals surface area contributed by atoms with Crippen LogP contribution in [0.2, 0.25) is 0 Å². The van der Waals surface area contributed by atoms with E-state index in [0.717, 1.165) is 18.6 Å². The molecular weight excluding hydrogens is 188 g/mol. The van der Waals surface area contributed by atoms with Crippen LogP contribution in [0.3, 0.4) is 0 Å². The Morgan fingerprint density at radius 1 is 1.33 bits per heavy atom. The highest BCUT2D eigenvalue weighted by atomic mass is 16.1. The van der Waals surface area contributed by atoms with Crippen molar-refractivity contribution >= 4 is 11.5 Å². The van der Waals surface area contributed by atoms with Gasteiger partial charge < -0.3 is 5.01 Å². The Kier molecular flexibility index (Phi) is 2.01. The third-order valence-electron chi connectivity index (χ3n) is 4.60. The summed E-state index contributed by atoms with van der Waals surface area (Å²) in [5, 5.41) is 6.12. The van der Waals surface area contributed by atoms with Crippen LogP contribution in [0.5, 0.6) is 0 Å². The van der Waals surface area contributed by atoms with Gasteiger partial charge in [-0.05, 0) is 18.3 Å². The standard InChI is InChI=1S/C12H20N2O/c1-11(2)8-6-7-12(11,3)10(15)9(8)13-14(4)5/h8H,6-7H2,1-5H3/b13-9+. The van der Waals surface area contributed by atoms with Crippen LogP contribution in [0.1, 0.15) is 33.6 Å². The molecule has 0 spiro atoms. The van der Waals surface area contributed by atoms with Crippen LogP contribution in [0.25, 0.3) is 0 Å². The number of hydrogen-bond acceptors (Lipinski definition) is 3. The lowest BCUT2D eigenvalue weighted by molar-refractivity contribution is -0.123. The van der Waals surface area contributed by atoms with E-state index in [0.29, 0.717) is 5.92 Å². The molecule has 2 aliphatic rings. The fourth-order valence-electron chi connectivity index (χ4n) is 3.16. The van der Waals surface area contributed by atoms with Gasteiger partial charge in [0.05, 0.1) is 0 Å². The van der Waals surface area contributed by atoms with Crippen LogP contribution in [0.15, 0.2) is 5.10 Å². The molecule has 2 bridgehead atoms. The van der Waals surface area contributed by atoms with Gasteiger partial charge >= 0.3 is 0 Å². The zero-order chi connectivity index (χ0) is 11.4. The lowest BCUT2D eigenvalue weighted by Crippen LogP contribution is -2.33. The van der Waals surface area contributed by atoms with Gasteiger partial charge in [0.2, 0.25) is 0 Å². The van der Waals surface area contributed by atoms with E-state index in [4.69, 9.17) is 0 Å². The van der Waals surface area contributed by atoms with E-state index in [1.54, 1.807) is 5.01 Å². The summed E-state index contributed by atoms with van der Waals surface area (Å²) in [6.07, 6.45) is 2.14. The van der Waals surface area contributed by atoms with Crippen molar-refractivity contribution in [3.8, 4) is 0 Å². The van der Waals surface area contributed by atoms with Crippen LogP contribution in [-0.2, 0) is 4.79 Å². The second-order valence-electron chi connectivity index (χ2n) is 5.81. The summed E-state index contributed by atoms with van der Waals surface area (Å²) in [5.74, 6) is 0.634. The molecule has 2 saturated carbocycles. The minimum absolute atomic E-state index is 0.0823. The first-order chi connectivity index (χ1) is 6.80. The number of fused-ring (bicyclic) bond motifs is 2. The second-order valence-corrected chi connectivity index (χ2v) is 5.81. The van der Waals surface area contributed by atoms with Crippen molar-refractivity contribution in [2.24, 2.45) is 21.8 Å². The van der Waals surface area contributed by atoms with Crippen molar-refractivity contribution in [2.75, 3.05) is 14.1 Å². The first-order valence-corrected chi connectivity index (χ1v) is 5.61. The number of rotatable bonds is 1. The molecule has 0 saturated heterocycles. The largest absolute Gasteiger partial charge is 0.303 e. The summed E-state index contributed by atoms with van der Waals surface area (Å²) in [5.41, 5.74) is 0.713. The van der Waals surface area contributed by atoms with Crippen molar-refractivity contribution in [3.63, 3.8) is 0 Å². The molecule has 2 atom stereocenters. The summed E-state index contributed by atoms with van der Waals surface area (Å²) >= 11 is 0. The minimum Gasteiger partial charge on any atom is -0.303 e. The van der Waals surface area contributed by atoms with Gasteiger partial charge in [-0.1, -0.05) is 20.8 Å². The number of carbonyl (C=O) groups excluding carboxylic acids is 1. The summed E-state index contributed by atoms with van der Waals surface area (Å²) in [7, 11) is 3.75. The molecule has 0 radical (unpaired) electrons. The van der Waals surface area contributed by atoms with Crippen molar-refractivity contribution in [2.45, 2.75) is 33.6 Å². The summed E-state index contributed by atoms with van der Waals surface area (Å²) in [6, 6.07) is 0. The molecule has 0 aliphatic heterocycles. The van der Waals surface area contributed by atoms with E-state index in [1.807, 2.05) is 14.1 Å². The number of Topliss-reactive ketones (excluding diaryl/α,β-unsaturated/α-hetero) is 1. The molecule has 2 fully saturated rings. The zero-order valence-corrected chi connectivity index (χ0v) is 10.3. The molecule has 3 nitrogen and oxygen atoms in total. The molecule has 0 aromatic rings. The molecule has 2 unspecified atom stereocenters. The van der Waals surface area contributed by atoms with E-state index in [9.17, 15) is 4.79 Å². The number of hydrogen-bond donors (Lipinski definition) is 0. The SMILES string of the molecule is CN(C)/N=C1/C(=O)C2(C)CCC1C2(C)C. The maximum absolute atomic E-state index is 12.3. The smallest absolute Gasteiger partial charge is 0.185 e. The molecule has 84 valence electrons. The van der Waals surface area contributed by atoms with Crippen molar-refractivity contribution in [3.05, 3.63) is 0 Å². The molecule has 0 amide bonds. The monoisotopic (exact) mass is 208 g/mol. The first-order valence-electron chi connectivity index (χ1n) is 5.61. The highest BCUT2D eigenvalue weighted by Crippen LogP contribution is 2.62. The van der Waals surface area contributed by atoms with Gasteiger partial charge in [-0.3, -0.25) is 4.79 Å². The maximum Gasteiger partial charge on any atom is 0.185 e. The molecule has 3 heteroatoms. The Bertz CT molecular complexity index is 344. The molecule has 15 heavy (non-hydrogen) atoms. The Morgan fingerprint density at radius 3 is 2.33 bits per heavy atom. The van der Waals surface area contributed by atoms with Crippen molar-refractivity contribution in [1.29, 1.82) is 0 Å². The third kappa shape index (κ3) is 1.12. The van der Waals surface area contributed by atoms with Gasteiger partial charge in [-0.2, -0.15) is 5.10 Å². The number of ketones is 1. The Hall–Kier alpha value is -0.860. The molecule has 0 heterocycles. The van der Waals surface area contributed by atoms with Gasteiger partial charge in [0.1, 0.15) is 5.71 Å². The molecular formula is C12H20N2O. The summed E-state index contributed by atoms with van der Waals surface area (Å²) in [4.78, 5) is 12.3. The van der Waals surface area contributed by atoms with Gasteiger partial charge in [-0.25, -0.2) is 0 Å². The van der Waals surface area contributed by atoms with E-state index in [-0.39, 0.29) is 16.6 Å². The lowest BCUT2D eigenvalue weighted by Gasteiger charge is -2.31. The van der Waals surface area contributed by atoms with E-state index >= 15 is 0 Å². The number of carbonyl (C=O) groups is 1. The van der Waals surface area contributed by atoms with Gasteiger partial charge in [0.15, 0.2) is 5.78 Å². The lowest BCUT2D eigenvalue weighted by atomic mass is 9.70. The fraction of sp³-hybridized carbons (Fsp3) is 0.833. The normalized spacial score (nSPS) is 40.2. The predicted octanol–water partition coefficient (Wildman–Crippen LogP) is 1.93. The third-order valence-corrected chi connectivity index (χ3v) is 4.60. The van der Waals surface area contributed by atoms with Gasteiger partial charge in [-0.15, -0.1) is 0 Å². The van der Waals surface area contributed by atoms with Crippen LogP contribution >= 0.6 is 0 Å². The second kappa shape index (κ2) is 2.83. The number of hydrazone groups is 1. The highest BCUT2D eigenvalue weighted by molar-refractivity contribution is 6.45. The van der Waals surface area contributed by atoms with Crippen molar-refractivity contribution in [1.82, 2.24) is 5.01 Å². The zero-order valence-electron chi connectivity index (χ0n) is 10.3. The predicted molar refractivity (Wildman–Crippen MR) is 60.7 cm³/mol.